The summed E-state index contributed by atoms with van der Waals surface area (Å²) in [5.74, 6) is 1.43. The van der Waals surface area contributed by atoms with Crippen molar-refractivity contribution in [2.75, 3.05) is 23.7 Å². The van der Waals surface area contributed by atoms with Gasteiger partial charge in [-0.2, -0.15) is 0 Å². The Kier molecular flexibility index (Phi) is 4.77. The summed E-state index contributed by atoms with van der Waals surface area (Å²) in [7, 11) is -3.46. The zero-order chi connectivity index (χ0) is 17.2. The molecule has 1 aliphatic heterocycles. The molecule has 1 aliphatic rings. The van der Waals surface area contributed by atoms with Crippen LogP contribution in [0.25, 0.3) is 11.5 Å². The van der Waals surface area contributed by atoms with Crippen LogP contribution in [-0.4, -0.2) is 42.2 Å². The molecule has 0 bridgehead atoms. The molecule has 0 spiro atoms. The molecule has 1 saturated heterocycles. The van der Waals surface area contributed by atoms with Gasteiger partial charge in [-0.15, -0.1) is 0 Å². The Bertz CT molecular complexity index is 810. The van der Waals surface area contributed by atoms with E-state index in [1.165, 1.54) is 0 Å². The first-order valence-corrected chi connectivity index (χ1v) is 9.65. The van der Waals surface area contributed by atoms with E-state index in [1.54, 1.807) is 6.20 Å². The molecule has 0 aliphatic carbocycles. The van der Waals surface area contributed by atoms with Gasteiger partial charge in [0.2, 0.25) is 10.0 Å². The van der Waals surface area contributed by atoms with Crippen molar-refractivity contribution in [3.8, 4) is 11.5 Å². The molecule has 8 heteroatoms. The summed E-state index contributed by atoms with van der Waals surface area (Å²) in [6, 6.07) is 7.55. The summed E-state index contributed by atoms with van der Waals surface area (Å²) in [6.07, 6.45) is 3.50. The molecule has 128 valence electrons. The Morgan fingerprint density at radius 2 is 2.17 bits per heavy atom. The predicted octanol–water partition coefficient (Wildman–Crippen LogP) is 1.35. The van der Waals surface area contributed by atoms with Gasteiger partial charge in [0.25, 0.3) is 0 Å². The second-order valence-corrected chi connectivity index (χ2v) is 7.85. The van der Waals surface area contributed by atoms with Gasteiger partial charge in [-0.25, -0.2) is 23.5 Å². The predicted molar refractivity (Wildman–Crippen MR) is 92.9 cm³/mol. The van der Waals surface area contributed by atoms with Gasteiger partial charge in [-0.05, 0) is 37.8 Å². The standard InChI is InChI=1S/C16H21N5O2S/c1-12-9-15(20-16(19-12)14-6-2-3-7-18-14)21-8-4-5-13(10-21)11-24(17,22)23/h2-3,6-7,9,13H,4-5,8,10-11H2,1H3,(H2,17,22,23). The van der Waals surface area contributed by atoms with Crippen molar-refractivity contribution < 1.29 is 8.42 Å². The van der Waals surface area contributed by atoms with E-state index in [0.717, 1.165) is 36.6 Å². The van der Waals surface area contributed by atoms with Crippen LogP contribution in [0.1, 0.15) is 18.5 Å². The fourth-order valence-corrected chi connectivity index (χ4v) is 3.99. The molecule has 1 fully saturated rings. The number of rotatable bonds is 4. The number of pyridine rings is 1. The number of piperidine rings is 1. The first kappa shape index (κ1) is 16.8. The van der Waals surface area contributed by atoms with Crippen molar-refractivity contribution >= 4 is 15.8 Å². The second-order valence-electron chi connectivity index (χ2n) is 6.19. The van der Waals surface area contributed by atoms with Gasteiger partial charge in [0.1, 0.15) is 11.5 Å². The first-order chi connectivity index (χ1) is 11.4. The summed E-state index contributed by atoms with van der Waals surface area (Å²) in [4.78, 5) is 15.5. The number of primary sulfonamides is 1. The third-order valence-electron chi connectivity index (χ3n) is 4.05. The van der Waals surface area contributed by atoms with E-state index in [2.05, 4.69) is 19.9 Å². The Morgan fingerprint density at radius 3 is 2.88 bits per heavy atom. The van der Waals surface area contributed by atoms with Crippen LogP contribution in [-0.2, 0) is 10.0 Å². The molecule has 2 aromatic rings. The molecule has 3 rings (SSSR count). The minimum atomic E-state index is -3.46. The molecule has 1 atom stereocenters. The summed E-state index contributed by atoms with van der Waals surface area (Å²) in [5.41, 5.74) is 1.58. The minimum absolute atomic E-state index is 0.0145. The van der Waals surface area contributed by atoms with Crippen molar-refractivity contribution in [2.24, 2.45) is 11.1 Å². The molecular formula is C16H21N5O2S. The van der Waals surface area contributed by atoms with Gasteiger partial charge < -0.3 is 4.90 Å². The van der Waals surface area contributed by atoms with E-state index < -0.39 is 10.0 Å². The Balaban J connectivity index is 1.85. The lowest BCUT2D eigenvalue weighted by atomic mass is 10.00. The third-order valence-corrected chi connectivity index (χ3v) is 4.98. The molecule has 0 saturated carbocycles. The Hall–Kier alpha value is -2.06. The normalized spacial score (nSPS) is 18.6. The number of nitrogens with two attached hydrogens (primary N) is 1. The van der Waals surface area contributed by atoms with Crippen LogP contribution in [0.4, 0.5) is 5.82 Å². The zero-order valence-corrected chi connectivity index (χ0v) is 14.4. The lowest BCUT2D eigenvalue weighted by molar-refractivity contribution is 0.441. The highest BCUT2D eigenvalue weighted by Gasteiger charge is 2.25. The fourth-order valence-electron chi connectivity index (χ4n) is 3.06. The fraction of sp³-hybridized carbons (Fsp3) is 0.438. The molecule has 24 heavy (non-hydrogen) atoms. The number of sulfonamides is 1. The van der Waals surface area contributed by atoms with E-state index >= 15 is 0 Å². The average molecular weight is 347 g/mol. The number of hydrogen-bond acceptors (Lipinski definition) is 6. The topological polar surface area (TPSA) is 102 Å². The lowest BCUT2D eigenvalue weighted by Gasteiger charge is -2.33. The van der Waals surface area contributed by atoms with Gasteiger partial charge in [-0.1, -0.05) is 6.07 Å². The zero-order valence-electron chi connectivity index (χ0n) is 13.6. The quantitative estimate of drug-likeness (QED) is 0.896. The summed E-state index contributed by atoms with van der Waals surface area (Å²) < 4.78 is 22.7. The van der Waals surface area contributed by atoms with E-state index in [0.29, 0.717) is 12.4 Å². The average Bonchev–Trinajstić information content (AvgIpc) is 2.54. The highest BCUT2D eigenvalue weighted by atomic mass is 32.2. The van der Waals surface area contributed by atoms with Crippen LogP contribution in [0.3, 0.4) is 0 Å². The highest BCUT2D eigenvalue weighted by Crippen LogP contribution is 2.24. The van der Waals surface area contributed by atoms with E-state index in [4.69, 9.17) is 5.14 Å². The molecule has 3 heterocycles. The monoisotopic (exact) mass is 347 g/mol. The van der Waals surface area contributed by atoms with Crippen LogP contribution in [0, 0.1) is 12.8 Å². The largest absolute Gasteiger partial charge is 0.356 e. The van der Waals surface area contributed by atoms with E-state index in [1.807, 2.05) is 31.2 Å². The molecule has 0 aromatic carbocycles. The molecule has 2 N–H and O–H groups in total. The number of anilines is 1. The Labute approximate surface area is 142 Å². The number of aryl methyl sites for hydroxylation is 1. The minimum Gasteiger partial charge on any atom is -0.356 e. The lowest BCUT2D eigenvalue weighted by Crippen LogP contribution is -2.39. The van der Waals surface area contributed by atoms with Gasteiger partial charge in [0.05, 0.1) is 5.75 Å². The highest BCUT2D eigenvalue weighted by molar-refractivity contribution is 7.89. The SMILES string of the molecule is Cc1cc(N2CCCC(CS(N)(=O)=O)C2)nc(-c2ccccn2)n1. The van der Waals surface area contributed by atoms with Crippen LogP contribution in [0.2, 0.25) is 0 Å². The van der Waals surface area contributed by atoms with Crippen LogP contribution >= 0.6 is 0 Å². The maximum atomic E-state index is 11.4. The van der Waals surface area contributed by atoms with Crippen LogP contribution < -0.4 is 10.0 Å². The molecule has 7 nitrogen and oxygen atoms in total. The summed E-state index contributed by atoms with van der Waals surface area (Å²) in [6.45, 7) is 3.40. The molecular weight excluding hydrogens is 326 g/mol. The Morgan fingerprint density at radius 1 is 1.33 bits per heavy atom. The maximum absolute atomic E-state index is 11.4. The van der Waals surface area contributed by atoms with Crippen molar-refractivity contribution in [1.82, 2.24) is 15.0 Å². The summed E-state index contributed by atoms with van der Waals surface area (Å²) in [5, 5.41) is 5.19. The molecule has 1 unspecified atom stereocenters. The van der Waals surface area contributed by atoms with E-state index in [9.17, 15) is 8.42 Å². The van der Waals surface area contributed by atoms with Crippen molar-refractivity contribution in [1.29, 1.82) is 0 Å². The van der Waals surface area contributed by atoms with Crippen molar-refractivity contribution in [3.05, 3.63) is 36.2 Å². The smallest absolute Gasteiger partial charge is 0.209 e. The van der Waals surface area contributed by atoms with E-state index in [-0.39, 0.29) is 11.7 Å². The number of aromatic nitrogens is 3. The van der Waals surface area contributed by atoms with Gasteiger partial charge in [0, 0.05) is 31.0 Å². The van der Waals surface area contributed by atoms with Crippen LogP contribution in [0.5, 0.6) is 0 Å². The summed E-state index contributed by atoms with van der Waals surface area (Å²) >= 11 is 0. The van der Waals surface area contributed by atoms with Crippen molar-refractivity contribution in [2.45, 2.75) is 19.8 Å². The van der Waals surface area contributed by atoms with Gasteiger partial charge in [-0.3, -0.25) is 4.98 Å². The second kappa shape index (κ2) is 6.82. The third kappa shape index (κ3) is 4.27. The maximum Gasteiger partial charge on any atom is 0.209 e. The van der Waals surface area contributed by atoms with Crippen molar-refractivity contribution in [3.63, 3.8) is 0 Å². The molecule has 0 amide bonds. The number of nitrogens with zero attached hydrogens (tertiary/aromatic N) is 4. The number of hydrogen-bond donors (Lipinski definition) is 1. The van der Waals surface area contributed by atoms with Crippen LogP contribution in [0.15, 0.2) is 30.5 Å². The molecule has 2 aromatic heterocycles. The van der Waals surface area contributed by atoms with Gasteiger partial charge >= 0.3 is 0 Å². The molecule has 0 radical (unpaired) electrons. The first-order valence-electron chi connectivity index (χ1n) is 7.93. The van der Waals surface area contributed by atoms with Gasteiger partial charge in [0.15, 0.2) is 5.82 Å².